The van der Waals surface area contributed by atoms with Crippen molar-refractivity contribution in [2.45, 2.75) is 19.9 Å². The van der Waals surface area contributed by atoms with Gasteiger partial charge in [-0.2, -0.15) is 5.10 Å². The minimum Gasteiger partial charge on any atom is -0.508 e. The van der Waals surface area contributed by atoms with Crippen molar-refractivity contribution in [1.29, 1.82) is 0 Å². The molecule has 0 aliphatic carbocycles. The van der Waals surface area contributed by atoms with Crippen molar-refractivity contribution < 1.29 is 5.11 Å². The number of phenols is 1. The van der Waals surface area contributed by atoms with Gasteiger partial charge in [-0.05, 0) is 30.8 Å². The summed E-state index contributed by atoms with van der Waals surface area (Å²) in [6.45, 7) is 2.90. The summed E-state index contributed by atoms with van der Waals surface area (Å²) in [6.07, 6.45) is 0.986. The van der Waals surface area contributed by atoms with E-state index in [9.17, 15) is 5.11 Å². The summed E-state index contributed by atoms with van der Waals surface area (Å²) in [4.78, 5) is 0. The molecular weight excluding hydrogens is 222 g/mol. The van der Waals surface area contributed by atoms with Crippen LogP contribution in [-0.2, 0) is 6.54 Å². The monoisotopic (exact) mass is 235 g/mol. The number of nitrogens with one attached hydrogen (secondary N) is 1. The molecule has 0 bridgehead atoms. The lowest BCUT2D eigenvalue weighted by molar-refractivity contribution is 0.475. The lowest BCUT2D eigenvalue weighted by Gasteiger charge is -2.05. The van der Waals surface area contributed by atoms with Gasteiger partial charge < -0.3 is 9.67 Å². The number of nitrogens with zero attached hydrogens (tertiary/aromatic N) is 2. The highest BCUT2D eigenvalue weighted by Gasteiger charge is 2.08. The zero-order valence-electron chi connectivity index (χ0n) is 8.97. The third-order valence-electron chi connectivity index (χ3n) is 2.31. The Morgan fingerprint density at radius 3 is 3.00 bits per heavy atom. The lowest BCUT2D eigenvalue weighted by Crippen LogP contribution is -1.99. The first kappa shape index (κ1) is 10.9. The average molecular weight is 235 g/mol. The van der Waals surface area contributed by atoms with Crippen molar-refractivity contribution in [1.82, 2.24) is 14.8 Å². The van der Waals surface area contributed by atoms with Crippen LogP contribution in [0.3, 0.4) is 0 Å². The molecule has 5 heteroatoms. The number of phenolic OH excluding ortho intramolecular Hbond substituents is 1. The SMILES string of the molecule is CCCn1c(-c2cccc(O)c2)n[nH]c1=S. The lowest BCUT2D eigenvalue weighted by atomic mass is 10.2. The zero-order valence-corrected chi connectivity index (χ0v) is 9.79. The minimum absolute atomic E-state index is 0.231. The Kier molecular flexibility index (Phi) is 3.05. The number of hydrogen-bond donors (Lipinski definition) is 2. The van der Waals surface area contributed by atoms with Gasteiger partial charge in [0.2, 0.25) is 0 Å². The maximum Gasteiger partial charge on any atom is 0.195 e. The quantitative estimate of drug-likeness (QED) is 0.804. The fraction of sp³-hybridized carbons (Fsp3) is 0.273. The van der Waals surface area contributed by atoms with Crippen LogP contribution < -0.4 is 0 Å². The molecule has 1 aromatic heterocycles. The van der Waals surface area contributed by atoms with E-state index in [1.165, 1.54) is 0 Å². The van der Waals surface area contributed by atoms with Gasteiger partial charge in [-0.1, -0.05) is 19.1 Å². The number of rotatable bonds is 3. The van der Waals surface area contributed by atoms with Gasteiger partial charge in [0.05, 0.1) is 0 Å². The third kappa shape index (κ3) is 1.99. The van der Waals surface area contributed by atoms with Gasteiger partial charge in [0.15, 0.2) is 10.6 Å². The summed E-state index contributed by atoms with van der Waals surface area (Å²) in [5, 5.41) is 16.4. The van der Waals surface area contributed by atoms with Crippen LogP contribution in [0.15, 0.2) is 24.3 Å². The topological polar surface area (TPSA) is 53.8 Å². The molecule has 84 valence electrons. The summed E-state index contributed by atoms with van der Waals surface area (Å²) in [5.74, 6) is 0.997. The number of hydrogen-bond acceptors (Lipinski definition) is 3. The number of aromatic amines is 1. The first-order valence-corrected chi connectivity index (χ1v) is 5.58. The Morgan fingerprint density at radius 1 is 1.50 bits per heavy atom. The third-order valence-corrected chi connectivity index (χ3v) is 2.62. The van der Waals surface area contributed by atoms with Gasteiger partial charge in [0.1, 0.15) is 5.75 Å². The molecule has 2 N–H and O–H groups in total. The predicted octanol–water partition coefficient (Wildman–Crippen LogP) is 2.72. The molecule has 0 unspecified atom stereocenters. The summed E-state index contributed by atoms with van der Waals surface area (Å²) in [5.41, 5.74) is 0.862. The molecule has 0 aliphatic heterocycles. The standard InChI is InChI=1S/C11H13N3OS/c1-2-6-14-10(12-13-11(14)16)8-4-3-5-9(15)7-8/h3-5,7,15H,2,6H2,1H3,(H,13,16). The van der Waals surface area contributed by atoms with E-state index in [4.69, 9.17) is 12.2 Å². The Morgan fingerprint density at radius 2 is 2.31 bits per heavy atom. The van der Waals surface area contributed by atoms with E-state index in [2.05, 4.69) is 17.1 Å². The van der Waals surface area contributed by atoms with Crippen molar-refractivity contribution in [2.75, 3.05) is 0 Å². The van der Waals surface area contributed by atoms with Crippen LogP contribution in [0.25, 0.3) is 11.4 Å². The summed E-state index contributed by atoms with van der Waals surface area (Å²) >= 11 is 5.15. The molecule has 0 amide bonds. The number of aromatic nitrogens is 3. The second-order valence-corrected chi connectivity index (χ2v) is 3.94. The molecule has 1 aromatic carbocycles. The van der Waals surface area contributed by atoms with Crippen LogP contribution >= 0.6 is 12.2 Å². The molecule has 4 nitrogen and oxygen atoms in total. The van der Waals surface area contributed by atoms with Crippen molar-refractivity contribution in [3.8, 4) is 17.1 Å². The maximum absolute atomic E-state index is 9.43. The first-order chi connectivity index (χ1) is 7.72. The Hall–Kier alpha value is -1.62. The second kappa shape index (κ2) is 4.49. The molecule has 1 heterocycles. The summed E-state index contributed by atoms with van der Waals surface area (Å²) < 4.78 is 2.55. The molecule has 0 saturated carbocycles. The fourth-order valence-corrected chi connectivity index (χ4v) is 1.84. The molecule has 0 saturated heterocycles. The van der Waals surface area contributed by atoms with Crippen LogP contribution in [-0.4, -0.2) is 19.9 Å². The highest BCUT2D eigenvalue weighted by molar-refractivity contribution is 7.71. The van der Waals surface area contributed by atoms with Gasteiger partial charge in [0, 0.05) is 12.1 Å². The van der Waals surface area contributed by atoms with Crippen LogP contribution in [0.1, 0.15) is 13.3 Å². The zero-order chi connectivity index (χ0) is 11.5. The molecule has 0 spiro atoms. The smallest absolute Gasteiger partial charge is 0.195 e. The highest BCUT2D eigenvalue weighted by atomic mass is 32.1. The number of benzene rings is 1. The first-order valence-electron chi connectivity index (χ1n) is 5.17. The maximum atomic E-state index is 9.43. The summed E-state index contributed by atoms with van der Waals surface area (Å²) in [7, 11) is 0. The van der Waals surface area contributed by atoms with E-state index < -0.39 is 0 Å². The van der Waals surface area contributed by atoms with Crippen molar-refractivity contribution in [3.63, 3.8) is 0 Å². The van der Waals surface area contributed by atoms with Crippen molar-refractivity contribution in [3.05, 3.63) is 29.0 Å². The second-order valence-electron chi connectivity index (χ2n) is 3.55. The van der Waals surface area contributed by atoms with E-state index in [1.54, 1.807) is 18.2 Å². The largest absolute Gasteiger partial charge is 0.508 e. The van der Waals surface area contributed by atoms with E-state index in [-0.39, 0.29) is 5.75 Å². The van der Waals surface area contributed by atoms with Crippen molar-refractivity contribution >= 4 is 12.2 Å². The number of H-pyrrole nitrogens is 1. The molecule has 2 rings (SSSR count). The van der Waals surface area contributed by atoms with Gasteiger partial charge in [-0.3, -0.25) is 5.10 Å². The predicted molar refractivity (Wildman–Crippen MR) is 64.8 cm³/mol. The van der Waals surface area contributed by atoms with Crippen molar-refractivity contribution in [2.24, 2.45) is 0 Å². The van der Waals surface area contributed by atoms with E-state index in [0.29, 0.717) is 4.77 Å². The van der Waals surface area contributed by atoms with E-state index >= 15 is 0 Å². The van der Waals surface area contributed by atoms with Crippen LogP contribution in [0.2, 0.25) is 0 Å². The fourth-order valence-electron chi connectivity index (χ4n) is 1.61. The van der Waals surface area contributed by atoms with Crippen LogP contribution in [0.4, 0.5) is 0 Å². The molecule has 2 aromatic rings. The van der Waals surface area contributed by atoms with Crippen LogP contribution in [0.5, 0.6) is 5.75 Å². The normalized spacial score (nSPS) is 10.6. The van der Waals surface area contributed by atoms with Crippen LogP contribution in [0, 0.1) is 4.77 Å². The summed E-state index contributed by atoms with van der Waals surface area (Å²) in [6, 6.07) is 7.00. The van der Waals surface area contributed by atoms with E-state index in [1.807, 2.05) is 10.6 Å². The van der Waals surface area contributed by atoms with Gasteiger partial charge in [-0.25, -0.2) is 0 Å². The molecule has 0 aliphatic rings. The highest BCUT2D eigenvalue weighted by Crippen LogP contribution is 2.21. The molecule has 0 fully saturated rings. The minimum atomic E-state index is 0.231. The molecule has 0 radical (unpaired) electrons. The average Bonchev–Trinajstić information content (AvgIpc) is 2.61. The van der Waals surface area contributed by atoms with E-state index in [0.717, 1.165) is 24.4 Å². The van der Waals surface area contributed by atoms with Gasteiger partial charge in [0.25, 0.3) is 0 Å². The van der Waals surface area contributed by atoms with Gasteiger partial charge >= 0.3 is 0 Å². The Balaban J connectivity index is 2.51. The van der Waals surface area contributed by atoms with Gasteiger partial charge in [-0.15, -0.1) is 0 Å². The Labute approximate surface area is 98.6 Å². The molecule has 0 atom stereocenters. The molecule has 16 heavy (non-hydrogen) atoms. The Bertz CT molecular complexity index is 544. The molecular formula is C11H13N3OS. The number of aromatic hydroxyl groups is 1.